The summed E-state index contributed by atoms with van der Waals surface area (Å²) in [4.78, 5) is 27.6. The van der Waals surface area contributed by atoms with Gasteiger partial charge in [-0.25, -0.2) is 0 Å². The van der Waals surface area contributed by atoms with Gasteiger partial charge in [0.2, 0.25) is 11.8 Å². The van der Waals surface area contributed by atoms with Crippen LogP contribution in [-0.4, -0.2) is 48.0 Å². The fraction of sp³-hybridized carbons (Fsp3) is 0.529. The van der Waals surface area contributed by atoms with E-state index in [9.17, 15) is 9.59 Å². The van der Waals surface area contributed by atoms with E-state index in [1.807, 2.05) is 51.1 Å². The molecular formula is C17H24N2O3. The van der Waals surface area contributed by atoms with Gasteiger partial charge in [-0.2, -0.15) is 0 Å². The third-order valence-electron chi connectivity index (χ3n) is 3.84. The average molecular weight is 304 g/mol. The van der Waals surface area contributed by atoms with Gasteiger partial charge >= 0.3 is 0 Å². The van der Waals surface area contributed by atoms with E-state index in [2.05, 4.69) is 0 Å². The van der Waals surface area contributed by atoms with Crippen LogP contribution in [0.2, 0.25) is 0 Å². The molecule has 2 rings (SSSR count). The number of ether oxygens (including phenoxy) is 1. The summed E-state index contributed by atoms with van der Waals surface area (Å²) < 4.78 is 5.70. The summed E-state index contributed by atoms with van der Waals surface area (Å²) in [6.07, 6.45) is 0. The van der Waals surface area contributed by atoms with Crippen LogP contribution in [0, 0.1) is 5.41 Å². The highest BCUT2D eigenvalue weighted by molar-refractivity contribution is 5.90. The molecule has 1 aromatic rings. The highest BCUT2D eigenvalue weighted by Crippen LogP contribution is 2.22. The molecule has 0 aliphatic carbocycles. The molecule has 5 nitrogen and oxygen atoms in total. The van der Waals surface area contributed by atoms with E-state index in [0.29, 0.717) is 26.4 Å². The van der Waals surface area contributed by atoms with Gasteiger partial charge in [-0.1, -0.05) is 30.3 Å². The molecular weight excluding hydrogens is 280 g/mol. The first-order valence-electron chi connectivity index (χ1n) is 7.63. The van der Waals surface area contributed by atoms with Crippen LogP contribution < -0.4 is 0 Å². The van der Waals surface area contributed by atoms with Crippen molar-refractivity contribution >= 4 is 11.8 Å². The molecule has 5 heteroatoms. The fourth-order valence-electron chi connectivity index (χ4n) is 2.50. The molecule has 0 spiro atoms. The largest absolute Gasteiger partial charge is 0.376 e. The van der Waals surface area contributed by atoms with Crippen LogP contribution in [0.15, 0.2) is 30.3 Å². The number of hydrogen-bond acceptors (Lipinski definition) is 3. The molecule has 0 saturated carbocycles. The van der Waals surface area contributed by atoms with Crippen LogP contribution in [0.4, 0.5) is 0 Å². The molecule has 0 bridgehead atoms. The SMILES string of the molecule is CCN1CN(C(=O)C(C)(C)COCc2ccccc2)CC1=O. The van der Waals surface area contributed by atoms with E-state index >= 15 is 0 Å². The summed E-state index contributed by atoms with van der Waals surface area (Å²) in [5, 5.41) is 0. The zero-order chi connectivity index (χ0) is 16.2. The van der Waals surface area contributed by atoms with E-state index in [0.717, 1.165) is 5.56 Å². The maximum Gasteiger partial charge on any atom is 0.243 e. The molecule has 0 unspecified atom stereocenters. The fourth-order valence-corrected chi connectivity index (χ4v) is 2.50. The van der Waals surface area contributed by atoms with E-state index in [1.54, 1.807) is 9.80 Å². The number of rotatable bonds is 6. The lowest BCUT2D eigenvalue weighted by Gasteiger charge is -2.28. The smallest absolute Gasteiger partial charge is 0.243 e. The van der Waals surface area contributed by atoms with Crippen molar-refractivity contribution in [1.82, 2.24) is 9.80 Å². The van der Waals surface area contributed by atoms with Crippen molar-refractivity contribution in [1.29, 1.82) is 0 Å². The molecule has 1 aromatic carbocycles. The summed E-state index contributed by atoms with van der Waals surface area (Å²) in [6.45, 7) is 7.65. The molecule has 0 N–H and O–H groups in total. The number of carbonyl (C=O) groups is 2. The molecule has 0 radical (unpaired) electrons. The van der Waals surface area contributed by atoms with E-state index in [4.69, 9.17) is 4.74 Å². The highest BCUT2D eigenvalue weighted by atomic mass is 16.5. The number of hydrogen-bond donors (Lipinski definition) is 0. The lowest BCUT2D eigenvalue weighted by molar-refractivity contribution is -0.143. The van der Waals surface area contributed by atoms with Crippen molar-refractivity contribution < 1.29 is 14.3 Å². The molecule has 1 heterocycles. The molecule has 1 fully saturated rings. The van der Waals surface area contributed by atoms with Gasteiger partial charge in [-0.15, -0.1) is 0 Å². The summed E-state index contributed by atoms with van der Waals surface area (Å²) in [5.74, 6) is -0.0262. The van der Waals surface area contributed by atoms with Crippen LogP contribution in [0.5, 0.6) is 0 Å². The van der Waals surface area contributed by atoms with E-state index < -0.39 is 5.41 Å². The number of carbonyl (C=O) groups excluding carboxylic acids is 2. The summed E-state index contributed by atoms with van der Waals surface area (Å²) in [5.41, 5.74) is 0.443. The second kappa shape index (κ2) is 6.92. The zero-order valence-electron chi connectivity index (χ0n) is 13.5. The van der Waals surface area contributed by atoms with Gasteiger partial charge in [0.05, 0.1) is 25.3 Å². The first kappa shape index (κ1) is 16.5. The van der Waals surface area contributed by atoms with Crippen molar-refractivity contribution in [3.63, 3.8) is 0 Å². The second-order valence-electron chi connectivity index (χ2n) is 6.26. The summed E-state index contributed by atoms with van der Waals surface area (Å²) >= 11 is 0. The molecule has 22 heavy (non-hydrogen) atoms. The summed E-state index contributed by atoms with van der Waals surface area (Å²) in [6, 6.07) is 9.87. The topological polar surface area (TPSA) is 49.9 Å². The lowest BCUT2D eigenvalue weighted by atomic mass is 9.93. The highest BCUT2D eigenvalue weighted by Gasteiger charge is 2.38. The molecule has 0 aromatic heterocycles. The third-order valence-corrected chi connectivity index (χ3v) is 3.84. The van der Waals surface area contributed by atoms with Crippen molar-refractivity contribution in [2.45, 2.75) is 27.4 Å². The number of benzene rings is 1. The number of likely N-dealkylation sites (N-methyl/N-ethyl adjacent to an activating group) is 1. The van der Waals surface area contributed by atoms with Gasteiger partial charge < -0.3 is 14.5 Å². The van der Waals surface area contributed by atoms with Gasteiger partial charge in [0.1, 0.15) is 6.54 Å². The Labute approximate surface area is 131 Å². The summed E-state index contributed by atoms with van der Waals surface area (Å²) in [7, 11) is 0. The predicted molar refractivity (Wildman–Crippen MR) is 83.8 cm³/mol. The monoisotopic (exact) mass is 304 g/mol. The normalized spacial score (nSPS) is 15.5. The maximum atomic E-state index is 12.6. The van der Waals surface area contributed by atoms with Crippen molar-refractivity contribution in [2.24, 2.45) is 5.41 Å². The zero-order valence-corrected chi connectivity index (χ0v) is 13.5. The van der Waals surface area contributed by atoms with Gasteiger partial charge in [0.15, 0.2) is 0 Å². The Hall–Kier alpha value is -1.88. The van der Waals surface area contributed by atoms with Crippen LogP contribution in [0.1, 0.15) is 26.3 Å². The Morgan fingerprint density at radius 2 is 1.95 bits per heavy atom. The first-order chi connectivity index (χ1) is 10.4. The lowest BCUT2D eigenvalue weighted by Crippen LogP contribution is -2.43. The minimum absolute atomic E-state index is 0.0110. The van der Waals surface area contributed by atoms with Crippen LogP contribution in [0.3, 0.4) is 0 Å². The Morgan fingerprint density at radius 1 is 1.27 bits per heavy atom. The van der Waals surface area contributed by atoms with Crippen molar-refractivity contribution in [2.75, 3.05) is 26.4 Å². The third kappa shape index (κ3) is 3.85. The molecule has 1 aliphatic rings. The standard InChI is InChI=1S/C17H24N2O3/c1-4-18-13-19(10-15(18)20)16(21)17(2,3)12-22-11-14-8-6-5-7-9-14/h5-9H,4,10-13H2,1-3H3. The van der Waals surface area contributed by atoms with Crippen molar-refractivity contribution in [3.05, 3.63) is 35.9 Å². The van der Waals surface area contributed by atoms with Crippen molar-refractivity contribution in [3.8, 4) is 0 Å². The molecule has 120 valence electrons. The second-order valence-corrected chi connectivity index (χ2v) is 6.26. The maximum absolute atomic E-state index is 12.6. The van der Waals surface area contributed by atoms with Gasteiger partial charge in [-0.3, -0.25) is 9.59 Å². The van der Waals surface area contributed by atoms with Gasteiger partial charge in [-0.05, 0) is 26.3 Å². The minimum atomic E-state index is -0.640. The Bertz CT molecular complexity index is 528. The van der Waals surface area contributed by atoms with Crippen LogP contribution >= 0.6 is 0 Å². The first-order valence-corrected chi connectivity index (χ1v) is 7.63. The number of amides is 2. The predicted octanol–water partition coefficient (Wildman–Crippen LogP) is 1.88. The van der Waals surface area contributed by atoms with Gasteiger partial charge in [0, 0.05) is 6.54 Å². The quantitative estimate of drug-likeness (QED) is 0.806. The minimum Gasteiger partial charge on any atom is -0.376 e. The molecule has 1 saturated heterocycles. The molecule has 2 amide bonds. The van der Waals surface area contributed by atoms with E-state index in [-0.39, 0.29) is 18.4 Å². The Morgan fingerprint density at radius 3 is 2.55 bits per heavy atom. The van der Waals surface area contributed by atoms with Crippen LogP contribution in [-0.2, 0) is 20.9 Å². The Balaban J connectivity index is 1.87. The van der Waals surface area contributed by atoms with Crippen LogP contribution in [0.25, 0.3) is 0 Å². The van der Waals surface area contributed by atoms with Gasteiger partial charge in [0.25, 0.3) is 0 Å². The number of nitrogens with zero attached hydrogens (tertiary/aromatic N) is 2. The average Bonchev–Trinajstić information content (AvgIpc) is 2.88. The molecule has 1 aliphatic heterocycles. The Kier molecular flexibility index (Phi) is 5.19. The molecule has 0 atom stereocenters. The van der Waals surface area contributed by atoms with E-state index in [1.165, 1.54) is 0 Å².